The van der Waals surface area contributed by atoms with Crippen molar-refractivity contribution in [3.8, 4) is 5.75 Å². The maximum Gasteiger partial charge on any atom is 0.258 e. The molecule has 26 heavy (non-hydrogen) atoms. The first-order valence-electron chi connectivity index (χ1n) is 8.56. The maximum atomic E-state index is 14.0. The number of rotatable bonds is 5. The lowest BCUT2D eigenvalue weighted by Crippen LogP contribution is -2.41. The van der Waals surface area contributed by atoms with Crippen molar-refractivity contribution in [1.82, 2.24) is 10.3 Å². The minimum atomic E-state index is -1.19. The number of methoxy groups -OCH3 is 1. The first-order chi connectivity index (χ1) is 12.6. The van der Waals surface area contributed by atoms with Gasteiger partial charge >= 0.3 is 0 Å². The van der Waals surface area contributed by atoms with Crippen LogP contribution in [0.1, 0.15) is 23.2 Å². The summed E-state index contributed by atoms with van der Waals surface area (Å²) in [6, 6.07) is 7.94. The van der Waals surface area contributed by atoms with E-state index in [4.69, 9.17) is 4.74 Å². The van der Waals surface area contributed by atoms with E-state index in [1.165, 1.54) is 13.2 Å². The highest BCUT2D eigenvalue weighted by molar-refractivity contribution is 5.97. The third kappa shape index (κ3) is 3.92. The van der Waals surface area contributed by atoms with Crippen molar-refractivity contribution in [2.24, 2.45) is 5.92 Å². The number of nitrogens with one attached hydrogen (secondary N) is 1. The number of amides is 1. The molecule has 1 aliphatic heterocycles. The van der Waals surface area contributed by atoms with Gasteiger partial charge in [0.2, 0.25) is 0 Å². The van der Waals surface area contributed by atoms with Gasteiger partial charge in [-0.3, -0.25) is 4.79 Å². The van der Waals surface area contributed by atoms with Crippen LogP contribution in [-0.2, 0) is 0 Å². The molecular formula is C19H21F2N3O2. The van der Waals surface area contributed by atoms with Crippen LogP contribution in [0.2, 0.25) is 0 Å². The molecule has 0 bridgehead atoms. The summed E-state index contributed by atoms with van der Waals surface area (Å²) in [5.41, 5.74) is -0.398. The van der Waals surface area contributed by atoms with Crippen LogP contribution >= 0.6 is 0 Å². The summed E-state index contributed by atoms with van der Waals surface area (Å²) in [7, 11) is 1.31. The van der Waals surface area contributed by atoms with Crippen LogP contribution in [0.5, 0.6) is 5.75 Å². The van der Waals surface area contributed by atoms with Crippen LogP contribution in [-0.4, -0.2) is 37.6 Å². The number of benzene rings is 1. The van der Waals surface area contributed by atoms with Crippen LogP contribution in [0.25, 0.3) is 0 Å². The Balaban J connectivity index is 1.64. The molecule has 1 aromatic heterocycles. The molecule has 3 rings (SSSR count). The summed E-state index contributed by atoms with van der Waals surface area (Å²) in [5.74, 6) is -1.82. The third-order valence-corrected chi connectivity index (χ3v) is 4.55. The van der Waals surface area contributed by atoms with Gasteiger partial charge in [-0.1, -0.05) is 6.07 Å². The summed E-state index contributed by atoms with van der Waals surface area (Å²) in [6.45, 7) is 2.04. The molecular weight excluding hydrogens is 340 g/mol. The van der Waals surface area contributed by atoms with E-state index in [0.29, 0.717) is 6.54 Å². The first kappa shape index (κ1) is 18.1. The standard InChI is InChI=1S/C19H21F2N3O2/c1-26-15-8-7-14(20)18(21)17(15)19(25)23-11-13-5-4-10-24(12-13)16-6-2-3-9-22-16/h2-3,6-9,13H,4-5,10-12H2,1H3,(H,23,25). The van der Waals surface area contributed by atoms with Crippen molar-refractivity contribution in [3.63, 3.8) is 0 Å². The number of aromatic nitrogens is 1. The van der Waals surface area contributed by atoms with E-state index in [1.54, 1.807) is 6.20 Å². The zero-order chi connectivity index (χ0) is 18.5. The Labute approximate surface area is 151 Å². The molecule has 1 aliphatic rings. The second-order valence-corrected chi connectivity index (χ2v) is 6.29. The fraction of sp³-hybridized carbons (Fsp3) is 0.368. The molecule has 0 spiro atoms. The van der Waals surface area contributed by atoms with Gasteiger partial charge in [-0.15, -0.1) is 0 Å². The van der Waals surface area contributed by atoms with Crippen molar-refractivity contribution >= 4 is 11.7 Å². The van der Waals surface area contributed by atoms with Crippen LogP contribution < -0.4 is 15.0 Å². The zero-order valence-electron chi connectivity index (χ0n) is 14.5. The number of ether oxygens (including phenoxy) is 1. The van der Waals surface area contributed by atoms with Gasteiger partial charge in [-0.05, 0) is 43.0 Å². The van der Waals surface area contributed by atoms with Crippen LogP contribution in [0.3, 0.4) is 0 Å². The van der Waals surface area contributed by atoms with Gasteiger partial charge in [0.15, 0.2) is 11.6 Å². The minimum absolute atomic E-state index is 0.0140. The van der Waals surface area contributed by atoms with Gasteiger partial charge in [0.05, 0.1) is 7.11 Å². The largest absolute Gasteiger partial charge is 0.496 e. The number of piperidine rings is 1. The number of pyridine rings is 1. The summed E-state index contributed by atoms with van der Waals surface area (Å²) in [5, 5.41) is 2.71. The smallest absolute Gasteiger partial charge is 0.258 e. The molecule has 0 radical (unpaired) electrons. The molecule has 138 valence electrons. The number of carbonyl (C=O) groups is 1. The highest BCUT2D eigenvalue weighted by Crippen LogP contribution is 2.24. The first-order valence-corrected chi connectivity index (χ1v) is 8.56. The predicted octanol–water partition coefficient (Wildman–Crippen LogP) is 3.01. The van der Waals surface area contributed by atoms with E-state index < -0.39 is 23.1 Å². The number of nitrogens with zero attached hydrogens (tertiary/aromatic N) is 2. The molecule has 1 fully saturated rings. The van der Waals surface area contributed by atoms with E-state index in [2.05, 4.69) is 15.2 Å². The Morgan fingerprint density at radius 3 is 2.92 bits per heavy atom. The van der Waals surface area contributed by atoms with E-state index >= 15 is 0 Å². The van der Waals surface area contributed by atoms with Crippen LogP contribution in [0, 0.1) is 17.6 Å². The Morgan fingerprint density at radius 1 is 1.35 bits per heavy atom. The zero-order valence-corrected chi connectivity index (χ0v) is 14.5. The number of hydrogen-bond acceptors (Lipinski definition) is 4. The van der Waals surface area contributed by atoms with E-state index in [9.17, 15) is 13.6 Å². The van der Waals surface area contributed by atoms with Gasteiger partial charge in [-0.2, -0.15) is 0 Å². The van der Waals surface area contributed by atoms with Gasteiger partial charge in [-0.25, -0.2) is 13.8 Å². The normalized spacial score (nSPS) is 17.0. The van der Waals surface area contributed by atoms with Crippen molar-refractivity contribution < 1.29 is 18.3 Å². The highest BCUT2D eigenvalue weighted by Gasteiger charge is 2.24. The van der Waals surface area contributed by atoms with Gasteiger partial charge in [0.1, 0.15) is 17.1 Å². The molecule has 7 heteroatoms. The molecule has 5 nitrogen and oxygen atoms in total. The summed E-state index contributed by atoms with van der Waals surface area (Å²) >= 11 is 0. The molecule has 1 unspecified atom stereocenters. The molecule has 2 heterocycles. The lowest BCUT2D eigenvalue weighted by Gasteiger charge is -2.33. The van der Waals surface area contributed by atoms with Crippen molar-refractivity contribution in [3.05, 3.63) is 53.7 Å². The van der Waals surface area contributed by atoms with Gasteiger partial charge in [0.25, 0.3) is 5.91 Å². The van der Waals surface area contributed by atoms with Crippen LogP contribution in [0.15, 0.2) is 36.5 Å². The second kappa shape index (κ2) is 8.12. The van der Waals surface area contributed by atoms with Crippen molar-refractivity contribution in [2.45, 2.75) is 12.8 Å². The Hall–Kier alpha value is -2.70. The molecule has 0 saturated carbocycles. The molecule has 2 aromatic rings. The molecule has 1 amide bonds. The molecule has 1 atom stereocenters. The third-order valence-electron chi connectivity index (χ3n) is 4.55. The highest BCUT2D eigenvalue weighted by atomic mass is 19.2. The lowest BCUT2D eigenvalue weighted by molar-refractivity contribution is 0.0937. The monoisotopic (exact) mass is 361 g/mol. The molecule has 1 saturated heterocycles. The fourth-order valence-electron chi connectivity index (χ4n) is 3.22. The minimum Gasteiger partial charge on any atom is -0.496 e. The summed E-state index contributed by atoms with van der Waals surface area (Å²) in [6.07, 6.45) is 3.68. The van der Waals surface area contributed by atoms with E-state index in [-0.39, 0.29) is 11.7 Å². The Kier molecular flexibility index (Phi) is 5.65. The van der Waals surface area contributed by atoms with Gasteiger partial charge < -0.3 is 15.0 Å². The molecule has 1 N–H and O–H groups in total. The predicted molar refractivity (Wildman–Crippen MR) is 94.4 cm³/mol. The molecule has 1 aromatic carbocycles. The summed E-state index contributed by atoms with van der Waals surface area (Å²) in [4.78, 5) is 18.9. The second-order valence-electron chi connectivity index (χ2n) is 6.29. The SMILES string of the molecule is COc1ccc(F)c(F)c1C(=O)NCC1CCCN(c2ccccn2)C1. The quantitative estimate of drug-likeness (QED) is 0.890. The van der Waals surface area contributed by atoms with Crippen molar-refractivity contribution in [1.29, 1.82) is 0 Å². The summed E-state index contributed by atoms with van der Waals surface area (Å²) < 4.78 is 32.5. The average Bonchev–Trinajstić information content (AvgIpc) is 2.69. The number of anilines is 1. The maximum absolute atomic E-state index is 14.0. The Morgan fingerprint density at radius 2 is 2.19 bits per heavy atom. The van der Waals surface area contributed by atoms with E-state index in [0.717, 1.165) is 37.8 Å². The molecule has 0 aliphatic carbocycles. The number of halogens is 2. The van der Waals surface area contributed by atoms with Gasteiger partial charge in [0, 0.05) is 25.8 Å². The Bertz CT molecular complexity index is 771. The average molecular weight is 361 g/mol. The van der Waals surface area contributed by atoms with Crippen molar-refractivity contribution in [2.75, 3.05) is 31.6 Å². The topological polar surface area (TPSA) is 54.5 Å². The van der Waals surface area contributed by atoms with E-state index in [1.807, 2.05) is 18.2 Å². The number of hydrogen-bond donors (Lipinski definition) is 1. The fourth-order valence-corrected chi connectivity index (χ4v) is 3.22. The number of carbonyl (C=O) groups excluding carboxylic acids is 1. The lowest BCUT2D eigenvalue weighted by atomic mass is 9.97. The van der Waals surface area contributed by atoms with Crippen LogP contribution in [0.4, 0.5) is 14.6 Å².